The molecule has 0 saturated heterocycles. The lowest BCUT2D eigenvalue weighted by Gasteiger charge is -2.31. The van der Waals surface area contributed by atoms with E-state index in [9.17, 15) is 20.0 Å². The van der Waals surface area contributed by atoms with Crippen molar-refractivity contribution in [3.63, 3.8) is 0 Å². The van der Waals surface area contributed by atoms with Gasteiger partial charge in [0.2, 0.25) is 5.75 Å². The standard InChI is InChI=1S/C29H22IN3O6S/c1-38-22-10-8-17(14-23(22)39-2)26-19-9-7-16-5-3-4-6-18(16)25(19)31-29-32(26)28(35)24(40-29)13-15-11-20(30)27(34)21(12-15)33(36)37/h3-6,8,10-14,26,34H,7,9H2,1-2H3/b24-13+. The highest BCUT2D eigenvalue weighted by atomic mass is 127. The largest absolute Gasteiger partial charge is 0.501 e. The Morgan fingerprint density at radius 1 is 1.12 bits per heavy atom. The van der Waals surface area contributed by atoms with Crippen molar-refractivity contribution in [1.29, 1.82) is 0 Å². The van der Waals surface area contributed by atoms with E-state index in [1.54, 1.807) is 30.9 Å². The third-order valence-corrected chi connectivity index (χ3v) is 8.96. The van der Waals surface area contributed by atoms with Gasteiger partial charge in [0, 0.05) is 11.6 Å². The molecule has 2 heterocycles. The highest BCUT2D eigenvalue weighted by molar-refractivity contribution is 14.1. The van der Waals surface area contributed by atoms with Crippen molar-refractivity contribution >= 4 is 51.4 Å². The zero-order chi connectivity index (χ0) is 28.1. The van der Waals surface area contributed by atoms with Crippen LogP contribution in [0.15, 0.2) is 70.0 Å². The van der Waals surface area contributed by atoms with E-state index in [-0.39, 0.29) is 5.56 Å². The van der Waals surface area contributed by atoms with Gasteiger partial charge in [0.1, 0.15) is 0 Å². The number of nitro groups is 1. The van der Waals surface area contributed by atoms with Crippen molar-refractivity contribution in [2.24, 2.45) is 4.99 Å². The molecule has 0 saturated carbocycles. The number of rotatable bonds is 5. The molecule has 11 heteroatoms. The van der Waals surface area contributed by atoms with E-state index in [1.807, 2.05) is 52.9 Å². The van der Waals surface area contributed by atoms with Crippen LogP contribution in [0.3, 0.4) is 0 Å². The fraction of sp³-hybridized carbons (Fsp3) is 0.172. The van der Waals surface area contributed by atoms with E-state index >= 15 is 0 Å². The van der Waals surface area contributed by atoms with E-state index in [0.29, 0.717) is 30.0 Å². The fourth-order valence-corrected chi connectivity index (χ4v) is 6.96. The minimum absolute atomic E-state index is 0.250. The summed E-state index contributed by atoms with van der Waals surface area (Å²) in [5.74, 6) is 0.748. The molecule has 202 valence electrons. The smallest absolute Gasteiger partial charge is 0.312 e. The minimum atomic E-state index is -0.640. The lowest BCUT2D eigenvalue weighted by molar-refractivity contribution is -0.386. The maximum atomic E-state index is 14.0. The van der Waals surface area contributed by atoms with Crippen LogP contribution >= 0.6 is 33.9 Å². The maximum absolute atomic E-state index is 14.0. The summed E-state index contributed by atoms with van der Waals surface area (Å²) in [5, 5.41) is 21.6. The average Bonchev–Trinajstić information content (AvgIpc) is 3.27. The molecule has 1 aliphatic carbocycles. The number of hydrogen-bond acceptors (Lipinski definition) is 8. The number of allylic oxidation sites excluding steroid dienone is 1. The molecule has 4 aromatic rings. The van der Waals surface area contributed by atoms with Crippen molar-refractivity contribution in [1.82, 2.24) is 4.57 Å². The third-order valence-electron chi connectivity index (χ3n) is 7.16. The number of hydrogen-bond donors (Lipinski definition) is 1. The van der Waals surface area contributed by atoms with E-state index in [2.05, 4.69) is 12.1 Å². The number of benzene rings is 3. The first-order valence-corrected chi connectivity index (χ1v) is 14.2. The highest BCUT2D eigenvalue weighted by Gasteiger charge is 2.33. The van der Waals surface area contributed by atoms with Crippen LogP contribution in [0, 0.1) is 13.7 Å². The van der Waals surface area contributed by atoms with Crippen LogP contribution < -0.4 is 24.4 Å². The summed E-state index contributed by atoms with van der Waals surface area (Å²) >= 11 is 3.07. The van der Waals surface area contributed by atoms with E-state index < -0.39 is 22.4 Å². The molecule has 1 aromatic heterocycles. The van der Waals surface area contributed by atoms with Gasteiger partial charge in [-0.3, -0.25) is 19.5 Å². The quantitative estimate of drug-likeness (QED) is 0.190. The molecule has 1 unspecified atom stereocenters. The number of methoxy groups -OCH3 is 2. The van der Waals surface area contributed by atoms with E-state index in [4.69, 9.17) is 14.5 Å². The molecular weight excluding hydrogens is 645 g/mol. The second-order valence-corrected chi connectivity index (χ2v) is 11.5. The molecule has 1 atom stereocenters. The van der Waals surface area contributed by atoms with Crippen LogP contribution in [-0.4, -0.2) is 28.8 Å². The molecular formula is C29H22IN3O6S. The summed E-state index contributed by atoms with van der Waals surface area (Å²) in [6, 6.07) is 16.3. The molecule has 0 bridgehead atoms. The molecule has 1 aliphatic heterocycles. The first kappa shape index (κ1) is 26.3. The van der Waals surface area contributed by atoms with Gasteiger partial charge in [-0.25, -0.2) is 4.99 Å². The van der Waals surface area contributed by atoms with E-state index in [0.717, 1.165) is 35.2 Å². The minimum Gasteiger partial charge on any atom is -0.501 e. The Labute approximate surface area is 245 Å². The third kappa shape index (κ3) is 4.29. The zero-order valence-electron chi connectivity index (χ0n) is 21.4. The molecule has 0 spiro atoms. The van der Waals surface area contributed by atoms with Crippen molar-refractivity contribution in [2.45, 2.75) is 18.9 Å². The number of nitrogens with zero attached hydrogens (tertiary/aromatic N) is 3. The zero-order valence-corrected chi connectivity index (χ0v) is 24.4. The van der Waals surface area contributed by atoms with Crippen LogP contribution in [0.4, 0.5) is 5.69 Å². The normalized spacial score (nSPS) is 16.1. The van der Waals surface area contributed by atoms with Crippen LogP contribution in [0.5, 0.6) is 17.2 Å². The monoisotopic (exact) mass is 667 g/mol. The maximum Gasteiger partial charge on any atom is 0.312 e. The SMILES string of the molecule is COc1ccc(C2C3=C(N=c4s/c(=C/c5cc(I)c(O)c([N+](=O)[O-])c5)c(=O)n42)c2ccccc2CC3)cc1OC. The molecule has 0 radical (unpaired) electrons. The van der Waals surface area contributed by atoms with Gasteiger partial charge in [0.25, 0.3) is 5.56 Å². The number of phenolic OH excluding ortho intramolecular Hbond substituents is 1. The Balaban J connectivity index is 1.61. The molecule has 40 heavy (non-hydrogen) atoms. The second kappa shape index (κ2) is 10.2. The first-order valence-electron chi connectivity index (χ1n) is 12.3. The van der Waals surface area contributed by atoms with Crippen LogP contribution in [-0.2, 0) is 6.42 Å². The number of nitro benzene ring substituents is 1. The van der Waals surface area contributed by atoms with Crippen molar-refractivity contribution in [3.05, 3.63) is 116 Å². The summed E-state index contributed by atoms with van der Waals surface area (Å²) in [5.41, 5.74) is 4.81. The lowest BCUT2D eigenvalue weighted by atomic mass is 9.83. The number of fused-ring (bicyclic) bond motifs is 3. The van der Waals surface area contributed by atoms with Crippen LogP contribution in [0.1, 0.15) is 34.7 Å². The molecule has 0 amide bonds. The predicted molar refractivity (Wildman–Crippen MR) is 160 cm³/mol. The number of aromatic nitrogens is 1. The Morgan fingerprint density at radius 3 is 2.65 bits per heavy atom. The van der Waals surface area contributed by atoms with Crippen LogP contribution in [0.2, 0.25) is 0 Å². The average molecular weight is 667 g/mol. The molecule has 2 aliphatic rings. The van der Waals surface area contributed by atoms with Gasteiger partial charge in [-0.15, -0.1) is 0 Å². The summed E-state index contributed by atoms with van der Waals surface area (Å²) in [6.45, 7) is 0. The summed E-state index contributed by atoms with van der Waals surface area (Å²) in [6.07, 6.45) is 3.18. The highest BCUT2D eigenvalue weighted by Crippen LogP contribution is 2.43. The Bertz CT molecular complexity index is 1930. The van der Waals surface area contributed by atoms with Gasteiger partial charge in [-0.1, -0.05) is 41.7 Å². The molecule has 3 aromatic carbocycles. The first-order chi connectivity index (χ1) is 19.3. The Kier molecular flexibility index (Phi) is 6.70. The van der Waals surface area contributed by atoms with Gasteiger partial charge < -0.3 is 14.6 Å². The van der Waals surface area contributed by atoms with Crippen LogP contribution in [0.25, 0.3) is 11.8 Å². The summed E-state index contributed by atoms with van der Waals surface area (Å²) < 4.78 is 13.4. The van der Waals surface area contributed by atoms with Crippen molar-refractivity contribution < 1.29 is 19.5 Å². The number of halogens is 1. The second-order valence-electron chi connectivity index (χ2n) is 9.36. The van der Waals surface area contributed by atoms with Gasteiger partial charge >= 0.3 is 5.69 Å². The number of phenols is 1. The fourth-order valence-electron chi connectivity index (χ4n) is 5.32. The van der Waals surface area contributed by atoms with Gasteiger partial charge in [0.05, 0.1) is 39.0 Å². The molecule has 9 nitrogen and oxygen atoms in total. The number of ether oxygens (including phenoxy) is 2. The van der Waals surface area contributed by atoms with Gasteiger partial charge in [-0.2, -0.15) is 0 Å². The van der Waals surface area contributed by atoms with Crippen molar-refractivity contribution in [2.75, 3.05) is 14.2 Å². The number of aromatic hydroxyl groups is 1. The summed E-state index contributed by atoms with van der Waals surface area (Å²) in [4.78, 5) is 30.4. The predicted octanol–water partition coefficient (Wildman–Crippen LogP) is 4.55. The molecule has 6 rings (SSSR count). The Morgan fingerprint density at radius 2 is 1.90 bits per heavy atom. The lowest BCUT2D eigenvalue weighted by Crippen LogP contribution is -2.38. The molecule has 1 N–H and O–H groups in total. The van der Waals surface area contributed by atoms with E-state index in [1.165, 1.54) is 23.0 Å². The number of thiazole rings is 1. The van der Waals surface area contributed by atoms with Gasteiger partial charge in [-0.05, 0) is 82.0 Å². The van der Waals surface area contributed by atoms with Crippen molar-refractivity contribution in [3.8, 4) is 17.2 Å². The molecule has 0 fully saturated rings. The Hall–Kier alpha value is -3.97. The summed E-state index contributed by atoms with van der Waals surface area (Å²) in [7, 11) is 3.15. The van der Waals surface area contributed by atoms with Gasteiger partial charge in [0.15, 0.2) is 16.3 Å². The topological polar surface area (TPSA) is 116 Å². The number of aryl methyl sites for hydroxylation is 1.